The van der Waals surface area contributed by atoms with Gasteiger partial charge in [0.25, 0.3) is 0 Å². The lowest BCUT2D eigenvalue weighted by Gasteiger charge is -2.38. The highest BCUT2D eigenvalue weighted by Gasteiger charge is 2.34. The molecule has 2 saturated heterocycles. The Bertz CT molecular complexity index is 1730. The Morgan fingerprint density at radius 2 is 1.47 bits per heavy atom. The minimum atomic E-state index is -0.326. The number of hydrogen-bond acceptors (Lipinski definition) is 9. The van der Waals surface area contributed by atoms with Gasteiger partial charge in [0.15, 0.2) is 0 Å². The molecule has 6 rings (SSSR count). The molecule has 0 aromatic heterocycles. The Morgan fingerprint density at radius 3 is 2.27 bits per heavy atom. The molecule has 294 valence electrons. The van der Waals surface area contributed by atoms with Crippen molar-refractivity contribution in [3.63, 3.8) is 0 Å². The van der Waals surface area contributed by atoms with Crippen molar-refractivity contribution < 1.29 is 38.0 Å². The van der Waals surface area contributed by atoms with Crippen molar-refractivity contribution >= 4 is 11.8 Å². The first kappa shape index (κ1) is 39.9. The molecule has 1 amide bonds. The first-order valence-corrected chi connectivity index (χ1v) is 19.6. The molecule has 0 radical (unpaired) electrons. The summed E-state index contributed by atoms with van der Waals surface area (Å²) in [6.45, 7) is 6.58. The standard InChI is InChI=1S/C45H56N2O8/c1-49-26-10-29-53-43-30-36(16-21-41(43)46-23-8-9-24-46)33-54-44-31-47(45(48)55-32-35-12-4-3-5-13-35)25-22-40(44)37-17-19-39(20-18-37)52-28-11-27-51-34-38-14-6-7-15-42(38)50-2/h3-7,12-21,30,40,44H,8-11,22-29,31-34H2,1-2H3. The predicted octanol–water partition coefficient (Wildman–Crippen LogP) is 8.41. The van der Waals surface area contributed by atoms with Crippen LogP contribution in [-0.4, -0.2) is 83.9 Å². The summed E-state index contributed by atoms with van der Waals surface area (Å²) in [7, 11) is 3.38. The maximum Gasteiger partial charge on any atom is 0.410 e. The molecule has 10 nitrogen and oxygen atoms in total. The SMILES string of the molecule is COCCCOc1cc(COC2CN(C(=O)OCc3ccccc3)CCC2c2ccc(OCCCOCc3ccccc3OC)cc2)ccc1N1CCCC1. The average Bonchev–Trinajstić information content (AvgIpc) is 3.78. The summed E-state index contributed by atoms with van der Waals surface area (Å²) in [4.78, 5) is 17.5. The molecule has 0 bridgehead atoms. The van der Waals surface area contributed by atoms with Crippen molar-refractivity contribution in [1.82, 2.24) is 4.90 Å². The van der Waals surface area contributed by atoms with Crippen molar-refractivity contribution in [2.24, 2.45) is 0 Å². The maximum absolute atomic E-state index is 13.3. The van der Waals surface area contributed by atoms with Gasteiger partial charge in [0.2, 0.25) is 0 Å². The monoisotopic (exact) mass is 752 g/mol. The fraction of sp³-hybridized carbons (Fsp3) is 0.444. The van der Waals surface area contributed by atoms with Crippen molar-refractivity contribution in [2.45, 2.75) is 63.9 Å². The quantitative estimate of drug-likeness (QED) is 0.0827. The predicted molar refractivity (Wildman–Crippen MR) is 213 cm³/mol. The zero-order valence-electron chi connectivity index (χ0n) is 32.4. The van der Waals surface area contributed by atoms with Gasteiger partial charge in [0.1, 0.15) is 23.9 Å². The van der Waals surface area contributed by atoms with E-state index in [1.165, 1.54) is 12.8 Å². The zero-order valence-corrected chi connectivity index (χ0v) is 32.4. The molecule has 0 saturated carbocycles. The van der Waals surface area contributed by atoms with Gasteiger partial charge in [-0.25, -0.2) is 4.79 Å². The van der Waals surface area contributed by atoms with E-state index in [1.54, 1.807) is 19.1 Å². The number of para-hydroxylation sites is 1. The van der Waals surface area contributed by atoms with Crippen LogP contribution in [-0.2, 0) is 38.8 Å². The van der Waals surface area contributed by atoms with E-state index >= 15 is 0 Å². The van der Waals surface area contributed by atoms with E-state index in [9.17, 15) is 4.79 Å². The number of benzene rings is 4. The van der Waals surface area contributed by atoms with Crippen LogP contribution in [0.1, 0.15) is 60.3 Å². The molecule has 2 atom stereocenters. The molecule has 55 heavy (non-hydrogen) atoms. The lowest BCUT2D eigenvalue weighted by molar-refractivity contribution is -0.0246. The summed E-state index contributed by atoms with van der Waals surface area (Å²) in [5.41, 5.74) is 5.30. The van der Waals surface area contributed by atoms with Crippen LogP contribution < -0.4 is 19.1 Å². The topological polar surface area (TPSA) is 88.2 Å². The van der Waals surface area contributed by atoms with Crippen LogP contribution in [0, 0.1) is 0 Å². The molecule has 4 aromatic carbocycles. The maximum atomic E-state index is 13.3. The number of carbonyl (C=O) groups excluding carboxylic acids is 1. The highest BCUT2D eigenvalue weighted by molar-refractivity contribution is 5.68. The van der Waals surface area contributed by atoms with Crippen LogP contribution in [0.25, 0.3) is 0 Å². The van der Waals surface area contributed by atoms with Gasteiger partial charge in [-0.05, 0) is 66.3 Å². The molecular formula is C45H56N2O8. The lowest BCUT2D eigenvalue weighted by Crippen LogP contribution is -2.47. The fourth-order valence-electron chi connectivity index (χ4n) is 7.18. The second-order valence-electron chi connectivity index (χ2n) is 14.1. The number of carbonyl (C=O) groups is 1. The summed E-state index contributed by atoms with van der Waals surface area (Å²) in [5.74, 6) is 2.61. The summed E-state index contributed by atoms with van der Waals surface area (Å²) in [6, 6.07) is 32.3. The first-order chi connectivity index (χ1) is 27.1. The normalized spacial score (nSPS) is 16.9. The molecule has 0 N–H and O–H groups in total. The van der Waals surface area contributed by atoms with Crippen LogP contribution in [0.3, 0.4) is 0 Å². The molecule has 10 heteroatoms. The summed E-state index contributed by atoms with van der Waals surface area (Å²) in [6.07, 6.45) is 4.15. The molecule has 4 aromatic rings. The highest BCUT2D eigenvalue weighted by Crippen LogP contribution is 2.35. The Balaban J connectivity index is 1.07. The van der Waals surface area contributed by atoms with E-state index in [2.05, 4.69) is 35.2 Å². The van der Waals surface area contributed by atoms with Gasteiger partial charge in [0.05, 0.1) is 58.5 Å². The first-order valence-electron chi connectivity index (χ1n) is 19.6. The molecule has 2 heterocycles. The van der Waals surface area contributed by atoms with Crippen LogP contribution in [0.15, 0.2) is 97.1 Å². The Hall–Kier alpha value is -4.77. The number of ether oxygens (including phenoxy) is 7. The number of anilines is 1. The summed E-state index contributed by atoms with van der Waals surface area (Å²) in [5, 5.41) is 0. The Kier molecular flexibility index (Phi) is 15.5. The zero-order chi connectivity index (χ0) is 38.1. The van der Waals surface area contributed by atoms with Gasteiger partial charge in [-0.2, -0.15) is 0 Å². The van der Waals surface area contributed by atoms with Gasteiger partial charge < -0.3 is 43.0 Å². The van der Waals surface area contributed by atoms with Crippen LogP contribution in [0.5, 0.6) is 17.2 Å². The second-order valence-corrected chi connectivity index (χ2v) is 14.1. The molecule has 0 spiro atoms. The number of methoxy groups -OCH3 is 2. The Labute approximate surface area is 326 Å². The van der Waals surface area contributed by atoms with Crippen molar-refractivity contribution in [2.75, 3.05) is 71.7 Å². The third kappa shape index (κ3) is 11.9. The van der Waals surface area contributed by atoms with E-state index in [0.717, 1.165) is 77.5 Å². The van der Waals surface area contributed by atoms with Crippen LogP contribution >= 0.6 is 0 Å². The third-order valence-electron chi connectivity index (χ3n) is 10.2. The number of likely N-dealkylation sites (tertiary alicyclic amines) is 1. The van der Waals surface area contributed by atoms with Gasteiger partial charge in [0, 0.05) is 57.7 Å². The average molecular weight is 753 g/mol. The van der Waals surface area contributed by atoms with E-state index in [1.807, 2.05) is 66.7 Å². The molecule has 2 fully saturated rings. The van der Waals surface area contributed by atoms with Crippen molar-refractivity contribution in [3.8, 4) is 17.2 Å². The van der Waals surface area contributed by atoms with Crippen molar-refractivity contribution in [1.29, 1.82) is 0 Å². The van der Waals surface area contributed by atoms with Crippen molar-refractivity contribution in [3.05, 3.63) is 119 Å². The van der Waals surface area contributed by atoms with E-state index in [-0.39, 0.29) is 24.7 Å². The highest BCUT2D eigenvalue weighted by atomic mass is 16.6. The molecule has 0 aliphatic carbocycles. The molecule has 2 aliphatic heterocycles. The number of hydrogen-bond donors (Lipinski definition) is 0. The smallest absolute Gasteiger partial charge is 0.410 e. The van der Waals surface area contributed by atoms with Crippen LogP contribution in [0.4, 0.5) is 10.5 Å². The van der Waals surface area contributed by atoms with E-state index < -0.39 is 0 Å². The second kappa shape index (κ2) is 21.4. The molecule has 2 unspecified atom stereocenters. The van der Waals surface area contributed by atoms with Gasteiger partial charge in [-0.15, -0.1) is 0 Å². The van der Waals surface area contributed by atoms with Gasteiger partial charge in [-0.1, -0.05) is 66.7 Å². The summed E-state index contributed by atoms with van der Waals surface area (Å²) >= 11 is 0. The lowest BCUT2D eigenvalue weighted by atomic mass is 9.87. The summed E-state index contributed by atoms with van der Waals surface area (Å²) < 4.78 is 41.3. The third-order valence-corrected chi connectivity index (χ3v) is 10.2. The fourth-order valence-corrected chi connectivity index (χ4v) is 7.18. The molecular weight excluding hydrogens is 697 g/mol. The number of piperidine rings is 1. The largest absolute Gasteiger partial charge is 0.496 e. The van der Waals surface area contributed by atoms with Gasteiger partial charge >= 0.3 is 6.09 Å². The minimum Gasteiger partial charge on any atom is -0.496 e. The van der Waals surface area contributed by atoms with E-state index in [4.69, 9.17) is 33.2 Å². The number of amides is 1. The Morgan fingerprint density at radius 1 is 0.709 bits per heavy atom. The minimum absolute atomic E-state index is 0.0873. The number of rotatable bonds is 20. The van der Waals surface area contributed by atoms with Crippen LogP contribution in [0.2, 0.25) is 0 Å². The van der Waals surface area contributed by atoms with Gasteiger partial charge in [-0.3, -0.25) is 0 Å². The van der Waals surface area contributed by atoms with E-state index in [0.29, 0.717) is 52.7 Å². The number of nitrogens with zero attached hydrogens (tertiary/aromatic N) is 2. The molecule has 2 aliphatic rings.